The molecule has 2 aliphatic heterocycles. The van der Waals surface area contributed by atoms with Crippen LogP contribution in [0.2, 0.25) is 5.02 Å². The van der Waals surface area contributed by atoms with Gasteiger partial charge >= 0.3 is 0 Å². The van der Waals surface area contributed by atoms with Crippen molar-refractivity contribution in [3.05, 3.63) is 29.3 Å². The predicted octanol–water partition coefficient (Wildman–Crippen LogP) is 1.92. The summed E-state index contributed by atoms with van der Waals surface area (Å²) in [5, 5.41) is 3.92. The van der Waals surface area contributed by atoms with Gasteiger partial charge in [-0.25, -0.2) is 0 Å². The Bertz CT molecular complexity index is 582. The summed E-state index contributed by atoms with van der Waals surface area (Å²) >= 11 is 6.08. The third kappa shape index (κ3) is 5.59. The number of halogens is 1. The molecule has 3 rings (SSSR count). The SMILES string of the molecule is CN1CCCN(CC(=O)NCC2CCN(c3cccc(Cl)c3)C2)CC1. The lowest BCUT2D eigenvalue weighted by Crippen LogP contribution is -2.40. The fourth-order valence-electron chi connectivity index (χ4n) is 3.68. The smallest absolute Gasteiger partial charge is 0.234 e. The van der Waals surface area contributed by atoms with Gasteiger partial charge in [0.05, 0.1) is 6.54 Å². The highest BCUT2D eigenvalue weighted by molar-refractivity contribution is 6.30. The largest absolute Gasteiger partial charge is 0.371 e. The zero-order valence-corrected chi connectivity index (χ0v) is 15.8. The highest BCUT2D eigenvalue weighted by atomic mass is 35.5. The number of nitrogens with one attached hydrogen (secondary N) is 1. The second-order valence-corrected chi connectivity index (χ2v) is 7.75. The summed E-state index contributed by atoms with van der Waals surface area (Å²) in [5.41, 5.74) is 1.18. The molecule has 2 heterocycles. The molecule has 1 aromatic rings. The Morgan fingerprint density at radius 1 is 1.24 bits per heavy atom. The lowest BCUT2D eigenvalue weighted by Gasteiger charge is -2.21. The number of carbonyl (C=O) groups excluding carboxylic acids is 1. The van der Waals surface area contributed by atoms with Crippen molar-refractivity contribution in [2.24, 2.45) is 5.92 Å². The van der Waals surface area contributed by atoms with Gasteiger partial charge in [0.25, 0.3) is 0 Å². The molecule has 5 nitrogen and oxygen atoms in total. The third-order valence-electron chi connectivity index (χ3n) is 5.23. The van der Waals surface area contributed by atoms with E-state index >= 15 is 0 Å². The van der Waals surface area contributed by atoms with E-state index < -0.39 is 0 Å². The predicted molar refractivity (Wildman–Crippen MR) is 103 cm³/mol. The average Bonchev–Trinajstić information content (AvgIpc) is 2.98. The minimum Gasteiger partial charge on any atom is -0.371 e. The second kappa shape index (κ2) is 8.88. The molecule has 6 heteroatoms. The van der Waals surface area contributed by atoms with Crippen LogP contribution in [0.5, 0.6) is 0 Å². The molecule has 1 aromatic carbocycles. The fraction of sp³-hybridized carbons (Fsp3) is 0.632. The summed E-state index contributed by atoms with van der Waals surface area (Å²) in [6.45, 7) is 7.47. The van der Waals surface area contributed by atoms with Gasteiger partial charge < -0.3 is 15.1 Å². The zero-order valence-electron chi connectivity index (χ0n) is 15.1. The Hall–Kier alpha value is -1.30. The van der Waals surface area contributed by atoms with Gasteiger partial charge in [-0.3, -0.25) is 9.69 Å². The number of anilines is 1. The maximum atomic E-state index is 12.3. The summed E-state index contributed by atoms with van der Waals surface area (Å²) in [7, 11) is 2.15. The van der Waals surface area contributed by atoms with Crippen molar-refractivity contribution in [2.75, 3.05) is 64.3 Å². The maximum absolute atomic E-state index is 12.3. The Morgan fingerprint density at radius 2 is 2.12 bits per heavy atom. The van der Waals surface area contributed by atoms with E-state index in [1.54, 1.807) is 0 Å². The number of rotatable bonds is 5. The molecule has 1 atom stereocenters. The molecular formula is C19H29ClN4O. The molecular weight excluding hydrogens is 336 g/mol. The highest BCUT2D eigenvalue weighted by Gasteiger charge is 2.23. The van der Waals surface area contributed by atoms with E-state index in [-0.39, 0.29) is 5.91 Å². The van der Waals surface area contributed by atoms with Gasteiger partial charge in [0.15, 0.2) is 0 Å². The van der Waals surface area contributed by atoms with E-state index in [0.29, 0.717) is 12.5 Å². The number of nitrogens with zero attached hydrogens (tertiary/aromatic N) is 3. The van der Waals surface area contributed by atoms with Gasteiger partial charge in [-0.15, -0.1) is 0 Å². The molecule has 0 spiro atoms. The van der Waals surface area contributed by atoms with Crippen LogP contribution in [0, 0.1) is 5.92 Å². The van der Waals surface area contributed by atoms with Crippen molar-refractivity contribution in [3.8, 4) is 0 Å². The first-order chi connectivity index (χ1) is 12.1. The lowest BCUT2D eigenvalue weighted by atomic mass is 10.1. The van der Waals surface area contributed by atoms with Crippen LogP contribution in [0.3, 0.4) is 0 Å². The van der Waals surface area contributed by atoms with Crippen molar-refractivity contribution < 1.29 is 4.79 Å². The number of carbonyl (C=O) groups is 1. The van der Waals surface area contributed by atoms with Gasteiger partial charge in [0.2, 0.25) is 5.91 Å². The summed E-state index contributed by atoms with van der Waals surface area (Å²) in [5.74, 6) is 0.670. The minimum atomic E-state index is 0.158. The van der Waals surface area contributed by atoms with Crippen LogP contribution < -0.4 is 10.2 Å². The Balaban J connectivity index is 1.39. The van der Waals surface area contributed by atoms with Crippen LogP contribution in [-0.2, 0) is 4.79 Å². The summed E-state index contributed by atoms with van der Waals surface area (Å²) in [6.07, 6.45) is 2.25. The van der Waals surface area contributed by atoms with Crippen LogP contribution in [0.4, 0.5) is 5.69 Å². The molecule has 0 radical (unpaired) electrons. The molecule has 2 fully saturated rings. The molecule has 1 N–H and O–H groups in total. The van der Waals surface area contributed by atoms with Gasteiger partial charge in [0, 0.05) is 43.4 Å². The van der Waals surface area contributed by atoms with Crippen molar-refractivity contribution in [2.45, 2.75) is 12.8 Å². The Kier molecular flexibility index (Phi) is 6.57. The van der Waals surface area contributed by atoms with E-state index in [0.717, 1.165) is 63.7 Å². The summed E-state index contributed by atoms with van der Waals surface area (Å²) in [4.78, 5) is 19.2. The van der Waals surface area contributed by atoms with E-state index in [1.165, 1.54) is 5.69 Å². The van der Waals surface area contributed by atoms with Gasteiger partial charge in [-0.1, -0.05) is 17.7 Å². The van der Waals surface area contributed by atoms with E-state index in [4.69, 9.17) is 11.6 Å². The molecule has 2 saturated heterocycles. The first-order valence-electron chi connectivity index (χ1n) is 9.28. The lowest BCUT2D eigenvalue weighted by molar-refractivity contribution is -0.122. The standard InChI is InChI=1S/C19H29ClN4O/c1-22-7-3-8-23(11-10-22)15-19(25)21-13-16-6-9-24(14-16)18-5-2-4-17(20)12-18/h2,4-5,12,16H,3,6-11,13-15H2,1H3,(H,21,25). The Morgan fingerprint density at radius 3 is 2.96 bits per heavy atom. The molecule has 0 aromatic heterocycles. The van der Waals surface area contributed by atoms with Gasteiger partial charge in [0.1, 0.15) is 0 Å². The molecule has 0 bridgehead atoms. The molecule has 1 amide bonds. The quantitative estimate of drug-likeness (QED) is 0.866. The van der Waals surface area contributed by atoms with Crippen LogP contribution in [0.1, 0.15) is 12.8 Å². The van der Waals surface area contributed by atoms with Crippen LogP contribution in [0.25, 0.3) is 0 Å². The molecule has 138 valence electrons. The van der Waals surface area contributed by atoms with Crippen LogP contribution >= 0.6 is 11.6 Å². The molecule has 2 aliphatic rings. The number of amides is 1. The topological polar surface area (TPSA) is 38.8 Å². The zero-order chi connectivity index (χ0) is 17.6. The molecule has 25 heavy (non-hydrogen) atoms. The third-order valence-corrected chi connectivity index (χ3v) is 5.46. The van der Waals surface area contributed by atoms with Crippen molar-refractivity contribution >= 4 is 23.2 Å². The summed E-state index contributed by atoms with van der Waals surface area (Å²) < 4.78 is 0. The van der Waals surface area contributed by atoms with E-state index in [1.807, 2.05) is 18.2 Å². The van der Waals surface area contributed by atoms with Crippen LogP contribution in [-0.4, -0.2) is 75.1 Å². The van der Waals surface area contributed by atoms with Crippen molar-refractivity contribution in [3.63, 3.8) is 0 Å². The minimum absolute atomic E-state index is 0.158. The Labute approximate surface area is 155 Å². The average molecular weight is 365 g/mol. The monoisotopic (exact) mass is 364 g/mol. The maximum Gasteiger partial charge on any atom is 0.234 e. The molecule has 0 aliphatic carbocycles. The normalized spacial score (nSPS) is 22.8. The summed E-state index contributed by atoms with van der Waals surface area (Å²) in [6, 6.07) is 8.01. The first kappa shape index (κ1) is 18.5. The second-order valence-electron chi connectivity index (χ2n) is 7.32. The van der Waals surface area contributed by atoms with Crippen molar-refractivity contribution in [1.29, 1.82) is 0 Å². The fourth-order valence-corrected chi connectivity index (χ4v) is 3.87. The van der Waals surface area contributed by atoms with Gasteiger partial charge in [-0.05, 0) is 57.1 Å². The number of likely N-dealkylation sites (N-methyl/N-ethyl adjacent to an activating group) is 1. The number of hydrogen-bond donors (Lipinski definition) is 1. The molecule has 0 saturated carbocycles. The van der Waals surface area contributed by atoms with Crippen molar-refractivity contribution in [1.82, 2.24) is 15.1 Å². The van der Waals surface area contributed by atoms with E-state index in [9.17, 15) is 4.79 Å². The highest BCUT2D eigenvalue weighted by Crippen LogP contribution is 2.25. The van der Waals surface area contributed by atoms with E-state index in [2.05, 4.69) is 33.1 Å². The van der Waals surface area contributed by atoms with Gasteiger partial charge in [-0.2, -0.15) is 0 Å². The van der Waals surface area contributed by atoms with Crippen LogP contribution in [0.15, 0.2) is 24.3 Å². The molecule has 1 unspecified atom stereocenters. The number of hydrogen-bond acceptors (Lipinski definition) is 4. The number of benzene rings is 1. The first-order valence-corrected chi connectivity index (χ1v) is 9.66.